The normalized spacial score (nSPS) is 19.5. The highest BCUT2D eigenvalue weighted by atomic mass is 16.5. The summed E-state index contributed by atoms with van der Waals surface area (Å²) in [6.07, 6.45) is 5.80. The number of carboxylic acid groups (broad SMARTS) is 1. The number of hydrogen-bond donors (Lipinski definition) is 1. The highest BCUT2D eigenvalue weighted by molar-refractivity contribution is 5.92. The van der Waals surface area contributed by atoms with Gasteiger partial charge in [0.05, 0.1) is 12.7 Å². The average Bonchev–Trinajstić information content (AvgIpc) is 2.82. The van der Waals surface area contributed by atoms with Crippen molar-refractivity contribution in [2.75, 3.05) is 6.61 Å². The summed E-state index contributed by atoms with van der Waals surface area (Å²) < 4.78 is 5.36. The van der Waals surface area contributed by atoms with Crippen molar-refractivity contribution in [2.45, 2.75) is 12.5 Å². The zero-order valence-corrected chi connectivity index (χ0v) is 9.37. The molecule has 1 atom stereocenters. The van der Waals surface area contributed by atoms with Gasteiger partial charge in [-0.05, 0) is 11.6 Å². The third kappa shape index (κ3) is 3.29. The summed E-state index contributed by atoms with van der Waals surface area (Å²) in [5.74, 6) is -0.891. The number of carbonyl (C=O) groups is 1. The number of ether oxygens (including phenoxy) is 1. The smallest absolute Gasteiger partial charge is 0.331 e. The Labute approximate surface area is 100 Å². The molecule has 1 unspecified atom stereocenters. The maximum absolute atomic E-state index is 11.1. The lowest BCUT2D eigenvalue weighted by molar-refractivity contribution is -0.132. The molecule has 1 aliphatic heterocycles. The Morgan fingerprint density at radius 2 is 2.18 bits per heavy atom. The fourth-order valence-electron chi connectivity index (χ4n) is 1.74. The molecule has 1 aromatic carbocycles. The molecule has 0 aliphatic carbocycles. The van der Waals surface area contributed by atoms with Crippen LogP contribution in [0.15, 0.2) is 48.1 Å². The van der Waals surface area contributed by atoms with Gasteiger partial charge < -0.3 is 9.84 Å². The van der Waals surface area contributed by atoms with Crippen molar-refractivity contribution in [3.8, 4) is 0 Å². The Morgan fingerprint density at radius 3 is 2.76 bits per heavy atom. The van der Waals surface area contributed by atoms with Crippen molar-refractivity contribution < 1.29 is 14.6 Å². The Bertz CT molecular complexity index is 446. The van der Waals surface area contributed by atoms with E-state index in [1.165, 1.54) is 0 Å². The van der Waals surface area contributed by atoms with Gasteiger partial charge in [-0.3, -0.25) is 0 Å². The van der Waals surface area contributed by atoms with Gasteiger partial charge in [-0.2, -0.15) is 0 Å². The van der Waals surface area contributed by atoms with Crippen molar-refractivity contribution in [3.63, 3.8) is 0 Å². The maximum Gasteiger partial charge on any atom is 0.331 e. The molecule has 0 saturated carbocycles. The molecule has 0 saturated heterocycles. The number of rotatable bonds is 4. The van der Waals surface area contributed by atoms with Gasteiger partial charge in [0, 0.05) is 12.0 Å². The first-order valence-electron chi connectivity index (χ1n) is 5.53. The average molecular weight is 230 g/mol. The van der Waals surface area contributed by atoms with Crippen LogP contribution in [-0.2, 0) is 9.53 Å². The molecule has 88 valence electrons. The molecular weight excluding hydrogens is 216 g/mol. The molecule has 1 N–H and O–H groups in total. The zero-order chi connectivity index (χ0) is 12.1. The Hall–Kier alpha value is -1.87. The van der Waals surface area contributed by atoms with E-state index >= 15 is 0 Å². The molecule has 0 fully saturated rings. The first-order chi connectivity index (χ1) is 8.25. The quantitative estimate of drug-likeness (QED) is 0.638. The number of aliphatic carboxylic acids is 1. The van der Waals surface area contributed by atoms with E-state index < -0.39 is 5.97 Å². The van der Waals surface area contributed by atoms with Gasteiger partial charge >= 0.3 is 5.97 Å². The predicted molar refractivity (Wildman–Crippen MR) is 65.6 cm³/mol. The molecule has 0 spiro atoms. The molecule has 0 aromatic heterocycles. The van der Waals surface area contributed by atoms with Crippen molar-refractivity contribution in [1.82, 2.24) is 0 Å². The van der Waals surface area contributed by atoms with Crippen LogP contribution in [-0.4, -0.2) is 23.8 Å². The van der Waals surface area contributed by atoms with Gasteiger partial charge in [0.2, 0.25) is 0 Å². The Balaban J connectivity index is 2.14. The van der Waals surface area contributed by atoms with E-state index in [4.69, 9.17) is 9.84 Å². The van der Waals surface area contributed by atoms with Gasteiger partial charge in [-0.25, -0.2) is 4.79 Å². The van der Waals surface area contributed by atoms with E-state index in [-0.39, 0.29) is 6.10 Å². The number of hydrogen-bond acceptors (Lipinski definition) is 2. The molecule has 17 heavy (non-hydrogen) atoms. The van der Waals surface area contributed by atoms with E-state index in [1.54, 1.807) is 6.08 Å². The summed E-state index contributed by atoms with van der Waals surface area (Å²) in [4.78, 5) is 11.1. The fourth-order valence-corrected chi connectivity index (χ4v) is 1.74. The lowest BCUT2D eigenvalue weighted by Gasteiger charge is -2.08. The zero-order valence-electron chi connectivity index (χ0n) is 9.37. The Morgan fingerprint density at radius 1 is 1.41 bits per heavy atom. The molecule has 1 aromatic rings. The second kappa shape index (κ2) is 5.46. The highest BCUT2D eigenvalue weighted by Gasteiger charge is 2.16. The minimum absolute atomic E-state index is 0.110. The highest BCUT2D eigenvalue weighted by Crippen LogP contribution is 2.17. The molecule has 1 heterocycles. The van der Waals surface area contributed by atoms with Crippen LogP contribution in [0.25, 0.3) is 6.08 Å². The molecule has 0 amide bonds. The monoisotopic (exact) mass is 230 g/mol. The van der Waals surface area contributed by atoms with Crippen molar-refractivity contribution in [1.29, 1.82) is 0 Å². The van der Waals surface area contributed by atoms with Crippen molar-refractivity contribution in [2.24, 2.45) is 0 Å². The van der Waals surface area contributed by atoms with Crippen LogP contribution < -0.4 is 0 Å². The molecule has 3 heteroatoms. The van der Waals surface area contributed by atoms with Crippen LogP contribution in [0, 0.1) is 0 Å². The Kier molecular flexibility index (Phi) is 3.73. The summed E-state index contributed by atoms with van der Waals surface area (Å²) in [5, 5.41) is 9.15. The topological polar surface area (TPSA) is 46.5 Å². The van der Waals surface area contributed by atoms with E-state index in [1.807, 2.05) is 42.5 Å². The molecule has 3 nitrogen and oxygen atoms in total. The van der Waals surface area contributed by atoms with E-state index in [0.29, 0.717) is 18.6 Å². The number of carboxylic acids is 1. The summed E-state index contributed by atoms with van der Waals surface area (Å²) in [6, 6.07) is 9.44. The van der Waals surface area contributed by atoms with Crippen LogP contribution in [0.3, 0.4) is 0 Å². The van der Waals surface area contributed by atoms with Crippen LogP contribution in [0.1, 0.15) is 12.0 Å². The first kappa shape index (κ1) is 11.6. The van der Waals surface area contributed by atoms with Gasteiger partial charge in [-0.15, -0.1) is 0 Å². The van der Waals surface area contributed by atoms with Gasteiger partial charge in [0.25, 0.3) is 0 Å². The molecule has 2 rings (SSSR count). The van der Waals surface area contributed by atoms with E-state index in [0.717, 1.165) is 5.56 Å². The molecule has 0 bridgehead atoms. The molecule has 0 radical (unpaired) electrons. The second-order valence-corrected chi connectivity index (χ2v) is 3.89. The lowest BCUT2D eigenvalue weighted by atomic mass is 10.0. The standard InChI is InChI=1S/C14H14O3/c15-14(16)12(10-13-7-4-8-17-13)9-11-5-2-1-3-6-11/h1-7,9,13H,8,10H2,(H,15,16). The van der Waals surface area contributed by atoms with Gasteiger partial charge in [0.1, 0.15) is 0 Å². The van der Waals surface area contributed by atoms with Crippen LogP contribution in [0.5, 0.6) is 0 Å². The summed E-state index contributed by atoms with van der Waals surface area (Å²) in [5.41, 5.74) is 1.26. The van der Waals surface area contributed by atoms with E-state index in [2.05, 4.69) is 0 Å². The van der Waals surface area contributed by atoms with Crippen molar-refractivity contribution in [3.05, 3.63) is 53.6 Å². The van der Waals surface area contributed by atoms with Gasteiger partial charge in [-0.1, -0.05) is 42.5 Å². The number of benzene rings is 1. The fraction of sp³-hybridized carbons (Fsp3) is 0.214. The largest absolute Gasteiger partial charge is 0.478 e. The third-order valence-corrected chi connectivity index (χ3v) is 2.59. The third-order valence-electron chi connectivity index (χ3n) is 2.59. The lowest BCUT2D eigenvalue weighted by Crippen LogP contribution is -2.11. The summed E-state index contributed by atoms with van der Waals surface area (Å²) >= 11 is 0. The minimum atomic E-state index is -0.891. The second-order valence-electron chi connectivity index (χ2n) is 3.89. The minimum Gasteiger partial charge on any atom is -0.478 e. The molecule has 1 aliphatic rings. The molecular formula is C14H14O3. The summed E-state index contributed by atoms with van der Waals surface area (Å²) in [6.45, 7) is 0.572. The SMILES string of the molecule is O=C(O)C(=Cc1ccccc1)CC1C=CCO1. The summed E-state index contributed by atoms with van der Waals surface area (Å²) in [7, 11) is 0. The maximum atomic E-state index is 11.1. The van der Waals surface area contributed by atoms with Gasteiger partial charge in [0.15, 0.2) is 0 Å². The van der Waals surface area contributed by atoms with Crippen LogP contribution in [0.4, 0.5) is 0 Å². The first-order valence-corrected chi connectivity index (χ1v) is 5.53. The van der Waals surface area contributed by atoms with E-state index in [9.17, 15) is 4.79 Å². The van der Waals surface area contributed by atoms with Crippen LogP contribution in [0.2, 0.25) is 0 Å². The van der Waals surface area contributed by atoms with Crippen LogP contribution >= 0.6 is 0 Å². The predicted octanol–water partition coefficient (Wildman–Crippen LogP) is 2.50. The van der Waals surface area contributed by atoms with Crippen molar-refractivity contribution >= 4 is 12.0 Å².